The van der Waals surface area contributed by atoms with Gasteiger partial charge in [0.25, 0.3) is 0 Å². The molecular formula is C23H30N4O. The molecule has 1 aliphatic rings. The third kappa shape index (κ3) is 4.64. The van der Waals surface area contributed by atoms with Gasteiger partial charge in [0.05, 0.1) is 5.69 Å². The number of aromatic nitrogens is 3. The maximum Gasteiger partial charge on any atom is 0.246 e. The molecular weight excluding hydrogens is 348 g/mol. The molecule has 0 bridgehead atoms. The van der Waals surface area contributed by atoms with Gasteiger partial charge in [-0.1, -0.05) is 26.3 Å². The van der Waals surface area contributed by atoms with E-state index in [0.717, 1.165) is 47.6 Å². The van der Waals surface area contributed by atoms with Gasteiger partial charge < -0.3 is 4.90 Å². The summed E-state index contributed by atoms with van der Waals surface area (Å²) in [4.78, 5) is 28.3. The zero-order valence-corrected chi connectivity index (χ0v) is 17.6. The van der Waals surface area contributed by atoms with Gasteiger partial charge >= 0.3 is 0 Å². The number of hydrogen-bond acceptors (Lipinski definition) is 4. The highest BCUT2D eigenvalue weighted by atomic mass is 16.2. The van der Waals surface area contributed by atoms with Crippen LogP contribution in [0, 0.1) is 0 Å². The van der Waals surface area contributed by atoms with Crippen molar-refractivity contribution in [3.8, 4) is 11.1 Å². The van der Waals surface area contributed by atoms with Crippen LogP contribution in [-0.2, 0) is 10.2 Å². The number of allylic oxidation sites excluding steroid dienone is 1. The summed E-state index contributed by atoms with van der Waals surface area (Å²) in [6.45, 7) is 11.8. The molecule has 0 N–H and O–H groups in total. The second-order valence-electron chi connectivity index (χ2n) is 8.82. The van der Waals surface area contributed by atoms with Crippen molar-refractivity contribution in [2.75, 3.05) is 13.1 Å². The van der Waals surface area contributed by atoms with Gasteiger partial charge in [-0.3, -0.25) is 9.78 Å². The zero-order chi connectivity index (χ0) is 20.3. The van der Waals surface area contributed by atoms with Gasteiger partial charge in [-0.2, -0.15) is 0 Å². The monoisotopic (exact) mass is 378 g/mol. The quantitative estimate of drug-likeness (QED) is 0.738. The first-order valence-corrected chi connectivity index (χ1v) is 9.97. The van der Waals surface area contributed by atoms with Crippen molar-refractivity contribution in [2.45, 2.75) is 58.8 Å². The van der Waals surface area contributed by atoms with Gasteiger partial charge in [0.2, 0.25) is 5.91 Å². The second-order valence-corrected chi connectivity index (χ2v) is 8.82. The highest BCUT2D eigenvalue weighted by Crippen LogP contribution is 2.34. The van der Waals surface area contributed by atoms with Crippen molar-refractivity contribution in [2.24, 2.45) is 0 Å². The number of pyridine rings is 1. The second kappa shape index (κ2) is 8.21. The molecule has 1 unspecified atom stereocenters. The smallest absolute Gasteiger partial charge is 0.246 e. The number of nitrogens with zero attached hydrogens (tertiary/aromatic N) is 4. The molecule has 0 radical (unpaired) electrons. The van der Waals surface area contributed by atoms with E-state index in [9.17, 15) is 4.79 Å². The molecule has 5 nitrogen and oxygen atoms in total. The fourth-order valence-electron chi connectivity index (χ4n) is 3.56. The lowest BCUT2D eigenvalue weighted by atomic mass is 9.88. The standard InChI is InChI=1S/C23H30N4O/c1-16(2)13-20(28)27-12-6-7-18(15-27)21-19(17-8-10-24-11-9-17)14-25-22(26-21)23(3,4)5/h8-11,13-14,18H,6-7,12,15H2,1-5H3. The number of carbonyl (C=O) groups excluding carboxylic acids is 1. The topological polar surface area (TPSA) is 59.0 Å². The summed E-state index contributed by atoms with van der Waals surface area (Å²) < 4.78 is 0. The summed E-state index contributed by atoms with van der Waals surface area (Å²) >= 11 is 0. The Bertz CT molecular complexity index is 864. The zero-order valence-electron chi connectivity index (χ0n) is 17.6. The van der Waals surface area contributed by atoms with E-state index in [1.807, 2.05) is 37.1 Å². The number of carbonyl (C=O) groups is 1. The lowest BCUT2D eigenvalue weighted by Gasteiger charge is -2.33. The van der Waals surface area contributed by atoms with E-state index in [1.165, 1.54) is 0 Å². The third-order valence-corrected chi connectivity index (χ3v) is 5.01. The van der Waals surface area contributed by atoms with Crippen LogP contribution in [0.25, 0.3) is 11.1 Å². The van der Waals surface area contributed by atoms with Crippen molar-refractivity contribution in [3.63, 3.8) is 0 Å². The third-order valence-electron chi connectivity index (χ3n) is 5.01. The van der Waals surface area contributed by atoms with Crippen molar-refractivity contribution >= 4 is 5.91 Å². The first-order chi connectivity index (χ1) is 13.3. The van der Waals surface area contributed by atoms with Crippen LogP contribution in [0.4, 0.5) is 0 Å². The highest BCUT2D eigenvalue weighted by Gasteiger charge is 2.29. The minimum atomic E-state index is -0.127. The molecule has 0 saturated carbocycles. The predicted octanol–water partition coefficient (Wildman–Crippen LogP) is 4.51. The molecule has 1 aliphatic heterocycles. The minimum Gasteiger partial charge on any atom is -0.338 e. The molecule has 0 spiro atoms. The first-order valence-electron chi connectivity index (χ1n) is 9.97. The summed E-state index contributed by atoms with van der Waals surface area (Å²) in [7, 11) is 0. The van der Waals surface area contributed by atoms with Crippen LogP contribution in [0.5, 0.6) is 0 Å². The van der Waals surface area contributed by atoms with Gasteiger partial charge in [-0.15, -0.1) is 0 Å². The van der Waals surface area contributed by atoms with E-state index in [2.05, 4.69) is 30.7 Å². The lowest BCUT2D eigenvalue weighted by molar-refractivity contribution is -0.127. The molecule has 5 heteroatoms. The highest BCUT2D eigenvalue weighted by molar-refractivity contribution is 5.88. The maximum absolute atomic E-state index is 12.6. The molecule has 1 atom stereocenters. The van der Waals surface area contributed by atoms with Gasteiger partial charge in [-0.25, -0.2) is 9.97 Å². The first kappa shape index (κ1) is 20.2. The predicted molar refractivity (Wildman–Crippen MR) is 112 cm³/mol. The molecule has 3 rings (SSSR count). The SMILES string of the molecule is CC(C)=CC(=O)N1CCCC(c2nc(C(C)(C)C)ncc2-c2ccncc2)C1. The lowest BCUT2D eigenvalue weighted by Crippen LogP contribution is -2.38. The van der Waals surface area contributed by atoms with E-state index in [-0.39, 0.29) is 17.2 Å². The number of likely N-dealkylation sites (tertiary alicyclic amines) is 1. The molecule has 0 aliphatic carbocycles. The summed E-state index contributed by atoms with van der Waals surface area (Å²) in [5.41, 5.74) is 4.05. The van der Waals surface area contributed by atoms with Crippen LogP contribution >= 0.6 is 0 Å². The van der Waals surface area contributed by atoms with E-state index in [4.69, 9.17) is 4.98 Å². The Kier molecular flexibility index (Phi) is 5.92. The largest absolute Gasteiger partial charge is 0.338 e. The summed E-state index contributed by atoms with van der Waals surface area (Å²) in [6, 6.07) is 3.99. The number of hydrogen-bond donors (Lipinski definition) is 0. The minimum absolute atomic E-state index is 0.0975. The summed E-state index contributed by atoms with van der Waals surface area (Å²) in [6.07, 6.45) is 9.27. The van der Waals surface area contributed by atoms with Crippen LogP contribution in [0.15, 0.2) is 42.4 Å². The Morgan fingerprint density at radius 2 is 1.93 bits per heavy atom. The molecule has 28 heavy (non-hydrogen) atoms. The van der Waals surface area contributed by atoms with Crippen LogP contribution in [0.3, 0.4) is 0 Å². The average Bonchev–Trinajstić information content (AvgIpc) is 2.67. The Balaban J connectivity index is 2.00. The van der Waals surface area contributed by atoms with Crippen molar-refractivity contribution in [1.82, 2.24) is 19.9 Å². The molecule has 148 valence electrons. The molecule has 1 saturated heterocycles. The number of piperidine rings is 1. The average molecular weight is 379 g/mol. The molecule has 2 aromatic heterocycles. The Labute approximate surface area is 167 Å². The molecule has 0 aromatic carbocycles. The van der Waals surface area contributed by atoms with Crippen molar-refractivity contribution < 1.29 is 4.79 Å². The maximum atomic E-state index is 12.6. The van der Waals surface area contributed by atoms with Gasteiger partial charge in [0.1, 0.15) is 5.82 Å². The van der Waals surface area contributed by atoms with E-state index in [1.54, 1.807) is 18.5 Å². The normalized spacial score (nSPS) is 17.3. The van der Waals surface area contributed by atoms with Crippen LogP contribution < -0.4 is 0 Å². The summed E-state index contributed by atoms with van der Waals surface area (Å²) in [5.74, 6) is 1.14. The van der Waals surface area contributed by atoms with Crippen LogP contribution in [0.1, 0.15) is 64.9 Å². The number of rotatable bonds is 3. The molecule has 1 amide bonds. The van der Waals surface area contributed by atoms with Crippen molar-refractivity contribution in [3.05, 3.63) is 53.9 Å². The Morgan fingerprint density at radius 3 is 2.57 bits per heavy atom. The van der Waals surface area contributed by atoms with Gasteiger partial charge in [-0.05, 0) is 44.4 Å². The Morgan fingerprint density at radius 1 is 1.21 bits per heavy atom. The molecule has 3 heterocycles. The number of amides is 1. The van der Waals surface area contributed by atoms with Crippen LogP contribution in [-0.4, -0.2) is 38.8 Å². The van der Waals surface area contributed by atoms with E-state index in [0.29, 0.717) is 6.54 Å². The van der Waals surface area contributed by atoms with Crippen LogP contribution in [0.2, 0.25) is 0 Å². The van der Waals surface area contributed by atoms with E-state index < -0.39 is 0 Å². The van der Waals surface area contributed by atoms with Crippen molar-refractivity contribution in [1.29, 1.82) is 0 Å². The van der Waals surface area contributed by atoms with Gasteiger partial charge in [0.15, 0.2) is 0 Å². The summed E-state index contributed by atoms with van der Waals surface area (Å²) in [5, 5.41) is 0. The van der Waals surface area contributed by atoms with E-state index >= 15 is 0 Å². The fraction of sp³-hybridized carbons (Fsp3) is 0.478. The molecule has 2 aromatic rings. The molecule has 1 fully saturated rings. The Hall–Kier alpha value is -2.56. The van der Waals surface area contributed by atoms with Gasteiger partial charge in [0, 0.05) is 54.7 Å². The fourth-order valence-corrected chi connectivity index (χ4v) is 3.56.